The molecule has 0 aromatic rings. The van der Waals surface area contributed by atoms with Crippen molar-refractivity contribution in [3.63, 3.8) is 0 Å². The third kappa shape index (κ3) is 1.46. The highest BCUT2D eigenvalue weighted by atomic mass is 16.5. The van der Waals surface area contributed by atoms with Crippen molar-refractivity contribution >= 4 is 5.97 Å². The number of carbonyl (C=O) groups is 1. The van der Waals surface area contributed by atoms with Crippen LogP contribution in [0, 0.1) is 0 Å². The molecule has 1 aliphatic heterocycles. The van der Waals surface area contributed by atoms with E-state index in [9.17, 15) is 4.79 Å². The van der Waals surface area contributed by atoms with Gasteiger partial charge in [0.2, 0.25) is 0 Å². The zero-order chi connectivity index (χ0) is 7.56. The van der Waals surface area contributed by atoms with Gasteiger partial charge in [-0.3, -0.25) is 4.79 Å². The highest BCUT2D eigenvalue weighted by Gasteiger charge is 2.28. The summed E-state index contributed by atoms with van der Waals surface area (Å²) in [4.78, 5) is 10.3. The molecule has 0 radical (unpaired) electrons. The summed E-state index contributed by atoms with van der Waals surface area (Å²) < 4.78 is 4.97. The lowest BCUT2D eigenvalue weighted by Crippen LogP contribution is -2.29. The number of ether oxygens (including phenoxy) is 1. The summed E-state index contributed by atoms with van der Waals surface area (Å²) in [5.74, 6) is -0.792. The predicted octanol–water partition coefficient (Wildman–Crippen LogP) is -0.552. The Hall–Kier alpha value is -0.610. The second-order valence-corrected chi connectivity index (χ2v) is 2.39. The molecule has 2 atom stereocenters. The Bertz CT molecular complexity index is 137. The van der Waals surface area contributed by atoms with Crippen LogP contribution < -0.4 is 5.32 Å². The quantitative estimate of drug-likeness (QED) is 0.547. The van der Waals surface area contributed by atoms with E-state index in [2.05, 4.69) is 5.32 Å². The first-order chi connectivity index (χ1) is 4.74. The maximum Gasteiger partial charge on any atom is 0.320 e. The highest BCUT2D eigenvalue weighted by Crippen LogP contribution is 2.08. The number of aliphatic carboxylic acids is 1. The van der Waals surface area contributed by atoms with Gasteiger partial charge in [0.15, 0.2) is 0 Å². The third-order valence-electron chi connectivity index (χ3n) is 1.72. The molecule has 0 aromatic carbocycles. The van der Waals surface area contributed by atoms with Crippen LogP contribution in [0.1, 0.15) is 6.42 Å². The molecular formula is C6H11NO3. The van der Waals surface area contributed by atoms with Crippen LogP contribution in [0.2, 0.25) is 0 Å². The van der Waals surface area contributed by atoms with Gasteiger partial charge in [-0.25, -0.2) is 0 Å². The first-order valence-electron chi connectivity index (χ1n) is 3.23. The van der Waals surface area contributed by atoms with Crippen LogP contribution in [0.3, 0.4) is 0 Å². The summed E-state index contributed by atoms with van der Waals surface area (Å²) in [5.41, 5.74) is 0. The molecule has 1 heterocycles. The highest BCUT2D eigenvalue weighted by molar-refractivity contribution is 5.73. The van der Waals surface area contributed by atoms with Gasteiger partial charge in [0, 0.05) is 20.1 Å². The maximum absolute atomic E-state index is 10.3. The standard InChI is InChI=1S/C6H11NO3/c1-10-4-2-5(6(8)9)7-3-4/h4-5,7H,2-3H2,1H3,(H,8,9)/t4-,5-/m0/s1. The monoisotopic (exact) mass is 145 g/mol. The SMILES string of the molecule is CO[C@@H]1CN[C@H](C(=O)O)C1. The van der Waals surface area contributed by atoms with Crippen molar-refractivity contribution in [1.82, 2.24) is 5.32 Å². The van der Waals surface area contributed by atoms with Crippen molar-refractivity contribution in [3.8, 4) is 0 Å². The molecule has 0 spiro atoms. The topological polar surface area (TPSA) is 58.6 Å². The molecule has 0 unspecified atom stereocenters. The fraction of sp³-hybridized carbons (Fsp3) is 0.833. The summed E-state index contributed by atoms with van der Waals surface area (Å²) in [6.07, 6.45) is 0.646. The van der Waals surface area contributed by atoms with Crippen molar-refractivity contribution < 1.29 is 14.6 Å². The molecule has 2 N–H and O–H groups in total. The first kappa shape index (κ1) is 7.50. The largest absolute Gasteiger partial charge is 0.480 e. The minimum atomic E-state index is -0.792. The van der Waals surface area contributed by atoms with Crippen LogP contribution in [-0.4, -0.2) is 36.9 Å². The van der Waals surface area contributed by atoms with E-state index in [1.165, 1.54) is 0 Å². The van der Waals surface area contributed by atoms with Gasteiger partial charge < -0.3 is 15.2 Å². The number of methoxy groups -OCH3 is 1. The van der Waals surface area contributed by atoms with E-state index in [1.54, 1.807) is 7.11 Å². The maximum atomic E-state index is 10.3. The van der Waals surface area contributed by atoms with Crippen LogP contribution in [0.5, 0.6) is 0 Å². The van der Waals surface area contributed by atoms with Crippen molar-refractivity contribution in [3.05, 3.63) is 0 Å². The Morgan fingerprint density at radius 2 is 2.50 bits per heavy atom. The smallest absolute Gasteiger partial charge is 0.320 e. The summed E-state index contributed by atoms with van der Waals surface area (Å²) in [7, 11) is 1.59. The van der Waals surface area contributed by atoms with Crippen LogP contribution in [0.4, 0.5) is 0 Å². The molecule has 0 saturated carbocycles. The number of carboxylic acids is 1. The Morgan fingerprint density at radius 1 is 1.80 bits per heavy atom. The lowest BCUT2D eigenvalue weighted by atomic mass is 10.2. The number of hydrogen-bond acceptors (Lipinski definition) is 3. The molecule has 10 heavy (non-hydrogen) atoms. The molecule has 0 amide bonds. The lowest BCUT2D eigenvalue weighted by molar-refractivity contribution is -0.139. The average molecular weight is 145 g/mol. The van der Waals surface area contributed by atoms with Crippen LogP contribution in [0.25, 0.3) is 0 Å². The second-order valence-electron chi connectivity index (χ2n) is 2.39. The van der Waals surface area contributed by atoms with Gasteiger partial charge in [0.25, 0.3) is 0 Å². The number of rotatable bonds is 2. The first-order valence-corrected chi connectivity index (χ1v) is 3.23. The minimum absolute atomic E-state index is 0.0705. The van der Waals surface area contributed by atoms with Crippen LogP contribution in [-0.2, 0) is 9.53 Å². The van der Waals surface area contributed by atoms with Crippen LogP contribution in [0.15, 0.2) is 0 Å². The Balaban J connectivity index is 2.35. The zero-order valence-electron chi connectivity index (χ0n) is 5.83. The van der Waals surface area contributed by atoms with Gasteiger partial charge in [-0.15, -0.1) is 0 Å². The number of carboxylic acid groups (broad SMARTS) is 1. The van der Waals surface area contributed by atoms with Gasteiger partial charge in [-0.1, -0.05) is 0 Å². The summed E-state index contributed by atoms with van der Waals surface area (Å²) in [5, 5.41) is 11.3. The Kier molecular flexibility index (Phi) is 2.24. The Labute approximate surface area is 59.2 Å². The molecule has 0 aliphatic carbocycles. The molecule has 4 nitrogen and oxygen atoms in total. The van der Waals surface area contributed by atoms with E-state index in [4.69, 9.17) is 9.84 Å². The summed E-state index contributed by atoms with van der Waals surface area (Å²) >= 11 is 0. The molecule has 0 bridgehead atoms. The van der Waals surface area contributed by atoms with E-state index in [0.29, 0.717) is 13.0 Å². The molecule has 0 aromatic heterocycles. The fourth-order valence-electron chi connectivity index (χ4n) is 1.07. The zero-order valence-corrected chi connectivity index (χ0v) is 5.83. The molecule has 1 fully saturated rings. The van der Waals surface area contributed by atoms with Crippen molar-refractivity contribution in [2.24, 2.45) is 0 Å². The lowest BCUT2D eigenvalue weighted by Gasteiger charge is -2.03. The van der Waals surface area contributed by atoms with Crippen LogP contribution >= 0.6 is 0 Å². The minimum Gasteiger partial charge on any atom is -0.480 e. The van der Waals surface area contributed by atoms with E-state index < -0.39 is 12.0 Å². The summed E-state index contributed by atoms with van der Waals surface area (Å²) in [6, 6.07) is -0.412. The Morgan fingerprint density at radius 3 is 2.80 bits per heavy atom. The molecule has 1 rings (SSSR count). The van der Waals surface area contributed by atoms with E-state index in [-0.39, 0.29) is 6.10 Å². The van der Waals surface area contributed by atoms with E-state index in [0.717, 1.165) is 0 Å². The molecule has 4 heteroatoms. The van der Waals surface area contributed by atoms with E-state index >= 15 is 0 Å². The van der Waals surface area contributed by atoms with Gasteiger partial charge in [-0.05, 0) is 0 Å². The third-order valence-corrected chi connectivity index (χ3v) is 1.72. The molecule has 58 valence electrons. The van der Waals surface area contributed by atoms with Gasteiger partial charge in [-0.2, -0.15) is 0 Å². The van der Waals surface area contributed by atoms with Gasteiger partial charge >= 0.3 is 5.97 Å². The van der Waals surface area contributed by atoms with E-state index in [1.807, 2.05) is 0 Å². The van der Waals surface area contributed by atoms with Crippen molar-refractivity contribution in [1.29, 1.82) is 0 Å². The predicted molar refractivity (Wildman–Crippen MR) is 34.8 cm³/mol. The second kappa shape index (κ2) is 2.98. The van der Waals surface area contributed by atoms with Gasteiger partial charge in [0.05, 0.1) is 6.10 Å². The number of nitrogens with one attached hydrogen (secondary N) is 1. The molecule has 1 saturated heterocycles. The number of hydrogen-bond donors (Lipinski definition) is 2. The fourth-order valence-corrected chi connectivity index (χ4v) is 1.07. The normalized spacial score (nSPS) is 32.5. The summed E-state index contributed by atoms with van der Waals surface area (Å²) in [6.45, 7) is 0.646. The van der Waals surface area contributed by atoms with Crippen molar-refractivity contribution in [2.45, 2.75) is 18.6 Å². The molecular weight excluding hydrogens is 134 g/mol. The van der Waals surface area contributed by atoms with Crippen molar-refractivity contribution in [2.75, 3.05) is 13.7 Å². The average Bonchev–Trinajstić information content (AvgIpc) is 2.34. The molecule has 1 aliphatic rings. The van der Waals surface area contributed by atoms with Gasteiger partial charge in [0.1, 0.15) is 6.04 Å².